The van der Waals surface area contributed by atoms with Crippen molar-refractivity contribution in [3.8, 4) is 11.3 Å². The largest absolute Gasteiger partial charge is 0.466 e. The van der Waals surface area contributed by atoms with Crippen molar-refractivity contribution in [2.75, 3.05) is 68.8 Å². The third-order valence-corrected chi connectivity index (χ3v) is 7.87. The van der Waals surface area contributed by atoms with Crippen LogP contribution in [0.2, 0.25) is 0 Å². The average molecular weight is 505 g/mol. The fraction of sp³-hybridized carbons (Fsp3) is 0.464. The van der Waals surface area contributed by atoms with Gasteiger partial charge in [0.25, 0.3) is 0 Å². The van der Waals surface area contributed by atoms with Crippen LogP contribution < -0.4 is 9.80 Å². The number of carbonyl (C=O) groups excluding carboxylic acids is 2. The van der Waals surface area contributed by atoms with Gasteiger partial charge in [-0.05, 0) is 25.8 Å². The van der Waals surface area contributed by atoms with Gasteiger partial charge in [0.2, 0.25) is 0 Å². The molecule has 0 amide bonds. The van der Waals surface area contributed by atoms with Gasteiger partial charge in [0.05, 0.1) is 41.5 Å². The lowest BCUT2D eigenvalue weighted by Gasteiger charge is -2.38. The number of ketones is 1. The van der Waals surface area contributed by atoms with Gasteiger partial charge in [0.1, 0.15) is 5.52 Å². The molecule has 9 heteroatoms. The van der Waals surface area contributed by atoms with Crippen LogP contribution in [-0.4, -0.2) is 85.9 Å². The standard InChI is InChI=1S/C28H32N4O5/c1-2-36-28(35)18-6-5-9-32(17-18)21-16-22(31-12-10-30(11-13-31)14-15-33)25-24-23(21)26(34)19-7-3-4-8-20(19)27(24)37-29-25/h3-4,7-8,16,18,33H,2,5-6,9-15,17H2,1H3. The summed E-state index contributed by atoms with van der Waals surface area (Å²) in [6.07, 6.45) is 1.62. The highest BCUT2D eigenvalue weighted by Crippen LogP contribution is 2.47. The van der Waals surface area contributed by atoms with Gasteiger partial charge >= 0.3 is 5.97 Å². The van der Waals surface area contributed by atoms with Crippen LogP contribution in [0.25, 0.3) is 22.2 Å². The lowest BCUT2D eigenvalue weighted by atomic mass is 9.85. The Kier molecular flexibility index (Phi) is 6.34. The summed E-state index contributed by atoms with van der Waals surface area (Å²) in [5.74, 6) is 0.185. The molecular weight excluding hydrogens is 472 g/mol. The molecule has 2 saturated heterocycles. The van der Waals surface area contributed by atoms with Gasteiger partial charge in [-0.1, -0.05) is 29.4 Å². The number of esters is 1. The summed E-state index contributed by atoms with van der Waals surface area (Å²) in [6.45, 7) is 7.50. The van der Waals surface area contributed by atoms with E-state index in [0.29, 0.717) is 42.1 Å². The Morgan fingerprint density at radius 3 is 2.65 bits per heavy atom. The Labute approximate surface area is 215 Å². The normalized spacial score (nSPS) is 19.8. The number of piperazine rings is 1. The molecule has 3 heterocycles. The number of piperidine rings is 1. The van der Waals surface area contributed by atoms with Gasteiger partial charge in [-0.15, -0.1) is 0 Å². The number of hydrogen-bond donors (Lipinski definition) is 1. The second kappa shape index (κ2) is 9.79. The highest BCUT2D eigenvalue weighted by molar-refractivity contribution is 6.28. The smallest absolute Gasteiger partial charge is 0.310 e. The maximum atomic E-state index is 13.9. The topological polar surface area (TPSA) is 99.3 Å². The van der Waals surface area contributed by atoms with Crippen molar-refractivity contribution in [2.24, 2.45) is 5.92 Å². The molecule has 194 valence electrons. The number of rotatable bonds is 6. The summed E-state index contributed by atoms with van der Waals surface area (Å²) in [6, 6.07) is 9.60. The number of benzene rings is 2. The van der Waals surface area contributed by atoms with E-state index >= 15 is 0 Å². The summed E-state index contributed by atoms with van der Waals surface area (Å²) in [5.41, 5.74) is 4.46. The first-order chi connectivity index (χ1) is 18.1. The van der Waals surface area contributed by atoms with Crippen LogP contribution in [0.15, 0.2) is 34.9 Å². The molecule has 0 bridgehead atoms. The van der Waals surface area contributed by atoms with Crippen molar-refractivity contribution in [1.82, 2.24) is 10.1 Å². The Morgan fingerprint density at radius 2 is 1.89 bits per heavy atom. The molecule has 1 aromatic heterocycles. The quantitative estimate of drug-likeness (QED) is 0.397. The molecule has 3 aliphatic rings. The van der Waals surface area contributed by atoms with Crippen molar-refractivity contribution < 1.29 is 24.0 Å². The second-order valence-corrected chi connectivity index (χ2v) is 9.99. The Morgan fingerprint density at radius 1 is 1.11 bits per heavy atom. The number of ether oxygens (including phenoxy) is 1. The molecule has 0 spiro atoms. The third kappa shape index (κ3) is 4.06. The maximum absolute atomic E-state index is 13.9. The van der Waals surface area contributed by atoms with Crippen molar-refractivity contribution in [2.45, 2.75) is 19.8 Å². The van der Waals surface area contributed by atoms with Crippen LogP contribution in [0, 0.1) is 5.92 Å². The van der Waals surface area contributed by atoms with E-state index in [1.807, 2.05) is 31.2 Å². The monoisotopic (exact) mass is 504 g/mol. The van der Waals surface area contributed by atoms with E-state index in [2.05, 4.69) is 25.9 Å². The van der Waals surface area contributed by atoms with Gasteiger partial charge in [-0.25, -0.2) is 0 Å². The summed E-state index contributed by atoms with van der Waals surface area (Å²) >= 11 is 0. The van der Waals surface area contributed by atoms with Gasteiger partial charge in [-0.2, -0.15) is 0 Å². The summed E-state index contributed by atoms with van der Waals surface area (Å²) in [4.78, 5) is 33.3. The SMILES string of the molecule is CCOC(=O)C1CCCN(c2cc(N3CCN(CCO)CC3)c3noc4c3c2C(=O)c2ccccc2-4)C1. The van der Waals surface area contributed by atoms with E-state index in [1.165, 1.54) is 0 Å². The molecule has 1 unspecified atom stereocenters. The molecule has 9 nitrogen and oxygen atoms in total. The number of fused-ring (bicyclic) bond motifs is 2. The van der Waals surface area contributed by atoms with E-state index in [4.69, 9.17) is 9.26 Å². The van der Waals surface area contributed by atoms with Crippen molar-refractivity contribution in [3.05, 3.63) is 41.5 Å². The zero-order chi connectivity index (χ0) is 25.5. The van der Waals surface area contributed by atoms with Crippen molar-refractivity contribution in [3.63, 3.8) is 0 Å². The van der Waals surface area contributed by atoms with Crippen LogP contribution in [0.1, 0.15) is 35.7 Å². The molecule has 3 aromatic rings. The summed E-state index contributed by atoms with van der Waals surface area (Å²) in [5, 5.41) is 14.6. The van der Waals surface area contributed by atoms with Crippen LogP contribution in [0.5, 0.6) is 0 Å². The van der Waals surface area contributed by atoms with Gasteiger partial charge < -0.3 is 24.2 Å². The van der Waals surface area contributed by atoms with E-state index in [1.54, 1.807) is 0 Å². The van der Waals surface area contributed by atoms with Crippen LogP contribution >= 0.6 is 0 Å². The molecule has 2 aliphatic heterocycles. The molecule has 2 fully saturated rings. The average Bonchev–Trinajstić information content (AvgIpc) is 3.38. The first-order valence-corrected chi connectivity index (χ1v) is 13.2. The Bertz CT molecular complexity index is 1340. The first kappa shape index (κ1) is 23.9. The van der Waals surface area contributed by atoms with E-state index in [-0.39, 0.29) is 24.3 Å². The number of aromatic nitrogens is 1. The predicted molar refractivity (Wildman–Crippen MR) is 140 cm³/mol. The van der Waals surface area contributed by atoms with E-state index in [0.717, 1.165) is 67.9 Å². The number of aliphatic hydroxyl groups is 1. The number of carbonyl (C=O) groups is 2. The van der Waals surface area contributed by atoms with Crippen molar-refractivity contribution in [1.29, 1.82) is 0 Å². The van der Waals surface area contributed by atoms with E-state index < -0.39 is 0 Å². The molecule has 0 radical (unpaired) electrons. The number of anilines is 2. The maximum Gasteiger partial charge on any atom is 0.310 e. The minimum Gasteiger partial charge on any atom is -0.466 e. The second-order valence-electron chi connectivity index (χ2n) is 9.99. The van der Waals surface area contributed by atoms with E-state index in [9.17, 15) is 14.7 Å². The number of aliphatic hydroxyl groups excluding tert-OH is 1. The lowest BCUT2D eigenvalue weighted by molar-refractivity contribution is -0.148. The Balaban J connectivity index is 1.47. The highest BCUT2D eigenvalue weighted by atomic mass is 16.5. The van der Waals surface area contributed by atoms with Gasteiger partial charge in [0.15, 0.2) is 11.5 Å². The fourth-order valence-electron chi connectivity index (χ4n) is 6.02. The van der Waals surface area contributed by atoms with Gasteiger partial charge in [0, 0.05) is 56.9 Å². The van der Waals surface area contributed by atoms with Crippen LogP contribution in [0.4, 0.5) is 11.4 Å². The number of hydrogen-bond acceptors (Lipinski definition) is 9. The lowest BCUT2D eigenvalue weighted by Crippen LogP contribution is -2.47. The third-order valence-electron chi connectivity index (χ3n) is 7.87. The predicted octanol–water partition coefficient (Wildman–Crippen LogP) is 2.93. The van der Waals surface area contributed by atoms with Gasteiger partial charge in [-0.3, -0.25) is 14.5 Å². The van der Waals surface area contributed by atoms with Crippen molar-refractivity contribution >= 4 is 34.0 Å². The molecule has 37 heavy (non-hydrogen) atoms. The number of β-amino-alcohol motifs (C(OH)–C–C–N with tert-alkyl or cyclic N) is 1. The number of nitrogens with zero attached hydrogens (tertiary/aromatic N) is 4. The fourth-order valence-corrected chi connectivity index (χ4v) is 6.02. The molecule has 1 aliphatic carbocycles. The molecule has 1 N–H and O–H groups in total. The molecule has 0 saturated carbocycles. The molecular formula is C28H32N4O5. The van der Waals surface area contributed by atoms with Crippen LogP contribution in [-0.2, 0) is 9.53 Å². The molecule has 2 aromatic carbocycles. The minimum atomic E-state index is -0.227. The molecule has 1 atom stereocenters. The molecule has 6 rings (SSSR count). The van der Waals surface area contributed by atoms with Crippen LogP contribution in [0.3, 0.4) is 0 Å². The zero-order valence-electron chi connectivity index (χ0n) is 21.1. The summed E-state index contributed by atoms with van der Waals surface area (Å²) < 4.78 is 11.3. The first-order valence-electron chi connectivity index (χ1n) is 13.2. The zero-order valence-corrected chi connectivity index (χ0v) is 21.1. The highest BCUT2D eigenvalue weighted by Gasteiger charge is 2.37. The summed E-state index contributed by atoms with van der Waals surface area (Å²) in [7, 11) is 0. The Hall–Kier alpha value is -3.43. The minimum absolute atomic E-state index is 0.0381.